The number of hydrogen-bond acceptors (Lipinski definition) is 2. The average molecular weight is 391 g/mol. The van der Waals surface area contributed by atoms with Crippen LogP contribution in [0.5, 0.6) is 5.75 Å². The summed E-state index contributed by atoms with van der Waals surface area (Å²) in [5, 5.41) is 10.5. The fourth-order valence-electron chi connectivity index (χ4n) is 2.57. The molecule has 0 aromatic heterocycles. The second-order valence-electron chi connectivity index (χ2n) is 4.79. The maximum atomic E-state index is 12.6. The summed E-state index contributed by atoms with van der Waals surface area (Å²) in [5.74, 6) is 0.116. The minimum atomic E-state index is 0.00847. The molecule has 0 radical (unpaired) electrons. The highest BCUT2D eigenvalue weighted by Gasteiger charge is 2.27. The third-order valence-electron chi connectivity index (χ3n) is 3.54. The van der Waals surface area contributed by atoms with Crippen LogP contribution in [0.15, 0.2) is 22.7 Å². The third-order valence-corrected chi connectivity index (χ3v) is 4.57. The molecule has 0 heterocycles. The molecule has 1 aliphatic carbocycles. The van der Waals surface area contributed by atoms with Gasteiger partial charge in [0.05, 0.1) is 4.47 Å². The topological polar surface area (TPSA) is 40.5 Å². The number of alkyl halides is 1. The first-order chi connectivity index (χ1) is 9.13. The zero-order chi connectivity index (χ0) is 13.8. The number of hydrogen-bond donors (Lipinski definition) is 1. The Morgan fingerprint density at radius 3 is 2.63 bits per heavy atom. The number of rotatable bonds is 4. The molecule has 2 rings (SSSR count). The van der Waals surface area contributed by atoms with Gasteiger partial charge in [0.15, 0.2) is 0 Å². The number of benzene rings is 1. The smallest absolute Gasteiger partial charge is 0.254 e. The summed E-state index contributed by atoms with van der Waals surface area (Å²) < 4.78 is 0.608. The second kappa shape index (κ2) is 6.75. The van der Waals surface area contributed by atoms with E-state index in [1.165, 1.54) is 18.9 Å². The maximum absolute atomic E-state index is 12.6. The van der Waals surface area contributed by atoms with Crippen LogP contribution in [-0.2, 0) is 0 Å². The standard InChI is InChI=1S/C14H17Br2NO2/c15-7-8-17(11-3-1-2-4-11)14(19)10-5-6-12(16)13(18)9-10/h5-6,9,11,18H,1-4,7-8H2. The maximum Gasteiger partial charge on any atom is 0.254 e. The van der Waals surface area contributed by atoms with E-state index in [1.54, 1.807) is 12.1 Å². The number of amides is 1. The van der Waals surface area contributed by atoms with Crippen molar-refractivity contribution < 1.29 is 9.90 Å². The van der Waals surface area contributed by atoms with Gasteiger partial charge in [0.25, 0.3) is 5.91 Å². The van der Waals surface area contributed by atoms with Crippen LogP contribution in [0.4, 0.5) is 0 Å². The SMILES string of the molecule is O=C(c1ccc(Br)c(O)c1)N(CCBr)C1CCCC1. The first kappa shape index (κ1) is 14.9. The monoisotopic (exact) mass is 389 g/mol. The molecular weight excluding hydrogens is 374 g/mol. The van der Waals surface area contributed by atoms with Gasteiger partial charge in [0.2, 0.25) is 0 Å². The minimum absolute atomic E-state index is 0.00847. The van der Waals surface area contributed by atoms with Crippen molar-refractivity contribution in [3.63, 3.8) is 0 Å². The lowest BCUT2D eigenvalue weighted by atomic mass is 10.1. The number of carbonyl (C=O) groups is 1. The van der Waals surface area contributed by atoms with Crippen LogP contribution in [0.2, 0.25) is 0 Å². The lowest BCUT2D eigenvalue weighted by molar-refractivity contribution is 0.0696. The van der Waals surface area contributed by atoms with E-state index in [-0.39, 0.29) is 11.7 Å². The molecule has 1 fully saturated rings. The first-order valence-corrected chi connectivity index (χ1v) is 8.40. The molecule has 104 valence electrons. The molecule has 5 heteroatoms. The summed E-state index contributed by atoms with van der Waals surface area (Å²) in [6, 6.07) is 5.34. The summed E-state index contributed by atoms with van der Waals surface area (Å²) in [5.41, 5.74) is 0.550. The Hall–Kier alpha value is -0.550. The predicted octanol–water partition coefficient (Wildman–Crippen LogP) is 3.93. The van der Waals surface area contributed by atoms with Crippen LogP contribution in [0.25, 0.3) is 0 Å². The Bertz CT molecular complexity index is 459. The fourth-order valence-corrected chi connectivity index (χ4v) is 3.20. The molecule has 3 nitrogen and oxygen atoms in total. The van der Waals surface area contributed by atoms with Gasteiger partial charge in [0, 0.05) is 23.5 Å². The Morgan fingerprint density at radius 2 is 2.05 bits per heavy atom. The lowest BCUT2D eigenvalue weighted by Crippen LogP contribution is -2.40. The van der Waals surface area contributed by atoms with Crippen LogP contribution >= 0.6 is 31.9 Å². The van der Waals surface area contributed by atoms with E-state index in [4.69, 9.17) is 0 Å². The first-order valence-electron chi connectivity index (χ1n) is 6.49. The van der Waals surface area contributed by atoms with E-state index in [0.717, 1.165) is 18.2 Å². The number of halogens is 2. The summed E-state index contributed by atoms with van der Waals surface area (Å²) in [4.78, 5) is 14.5. The molecule has 0 aliphatic heterocycles. The van der Waals surface area contributed by atoms with E-state index in [2.05, 4.69) is 31.9 Å². The van der Waals surface area contributed by atoms with Crippen LogP contribution in [0, 0.1) is 0 Å². The second-order valence-corrected chi connectivity index (χ2v) is 6.44. The van der Waals surface area contributed by atoms with E-state index >= 15 is 0 Å². The largest absolute Gasteiger partial charge is 0.507 e. The fraction of sp³-hybridized carbons (Fsp3) is 0.500. The van der Waals surface area contributed by atoms with Crippen LogP contribution in [-0.4, -0.2) is 33.8 Å². The molecule has 1 aromatic rings. The molecule has 1 N–H and O–H groups in total. The lowest BCUT2D eigenvalue weighted by Gasteiger charge is -2.28. The highest BCUT2D eigenvalue weighted by molar-refractivity contribution is 9.10. The highest BCUT2D eigenvalue weighted by atomic mass is 79.9. The van der Waals surface area contributed by atoms with Crippen molar-refractivity contribution in [2.24, 2.45) is 0 Å². The van der Waals surface area contributed by atoms with Crippen LogP contribution < -0.4 is 0 Å². The Balaban J connectivity index is 2.20. The number of carbonyl (C=O) groups excluding carboxylic acids is 1. The van der Waals surface area contributed by atoms with Gasteiger partial charge in [-0.15, -0.1) is 0 Å². The van der Waals surface area contributed by atoms with Gasteiger partial charge >= 0.3 is 0 Å². The van der Waals surface area contributed by atoms with Crippen LogP contribution in [0.3, 0.4) is 0 Å². The Morgan fingerprint density at radius 1 is 1.37 bits per heavy atom. The van der Waals surface area contributed by atoms with Crippen molar-refractivity contribution in [2.75, 3.05) is 11.9 Å². The molecule has 0 spiro atoms. The van der Waals surface area contributed by atoms with Gasteiger partial charge < -0.3 is 10.0 Å². The molecule has 0 unspecified atom stereocenters. The van der Waals surface area contributed by atoms with Crippen molar-refractivity contribution in [1.82, 2.24) is 4.90 Å². The van der Waals surface area contributed by atoms with E-state index < -0.39 is 0 Å². The Labute approximate surface area is 130 Å². The molecule has 0 bridgehead atoms. The van der Waals surface area contributed by atoms with Gasteiger partial charge in [-0.3, -0.25) is 4.79 Å². The number of phenols is 1. The van der Waals surface area contributed by atoms with Gasteiger partial charge in [-0.1, -0.05) is 28.8 Å². The summed E-state index contributed by atoms with van der Waals surface area (Å²) in [6.07, 6.45) is 4.56. The van der Waals surface area contributed by atoms with Gasteiger partial charge in [-0.05, 0) is 47.0 Å². The number of phenolic OH excluding ortho intramolecular Hbond substituents is 1. The molecule has 0 saturated heterocycles. The van der Waals surface area contributed by atoms with Gasteiger partial charge in [0.1, 0.15) is 5.75 Å². The van der Waals surface area contributed by atoms with E-state index in [1.807, 2.05) is 4.90 Å². The molecule has 1 saturated carbocycles. The molecular formula is C14H17Br2NO2. The van der Waals surface area contributed by atoms with Crippen molar-refractivity contribution in [2.45, 2.75) is 31.7 Å². The van der Waals surface area contributed by atoms with Crippen molar-refractivity contribution in [3.8, 4) is 5.75 Å². The predicted molar refractivity (Wildman–Crippen MR) is 82.9 cm³/mol. The average Bonchev–Trinajstić information content (AvgIpc) is 2.92. The van der Waals surface area contributed by atoms with E-state index in [9.17, 15) is 9.90 Å². The minimum Gasteiger partial charge on any atom is -0.507 e. The summed E-state index contributed by atoms with van der Waals surface area (Å²) in [6.45, 7) is 0.709. The third kappa shape index (κ3) is 3.51. The zero-order valence-corrected chi connectivity index (χ0v) is 13.8. The van der Waals surface area contributed by atoms with Crippen molar-refractivity contribution in [3.05, 3.63) is 28.2 Å². The number of nitrogens with zero attached hydrogens (tertiary/aromatic N) is 1. The molecule has 1 amide bonds. The quantitative estimate of drug-likeness (QED) is 0.791. The van der Waals surface area contributed by atoms with Gasteiger partial charge in [-0.25, -0.2) is 0 Å². The normalized spacial score (nSPS) is 15.7. The zero-order valence-electron chi connectivity index (χ0n) is 10.6. The van der Waals surface area contributed by atoms with Crippen LogP contribution in [0.1, 0.15) is 36.0 Å². The summed E-state index contributed by atoms with van der Waals surface area (Å²) >= 11 is 6.64. The molecule has 1 aromatic carbocycles. The number of aromatic hydroxyl groups is 1. The van der Waals surface area contributed by atoms with Gasteiger partial charge in [-0.2, -0.15) is 0 Å². The molecule has 1 aliphatic rings. The molecule has 19 heavy (non-hydrogen) atoms. The molecule has 0 atom stereocenters. The van der Waals surface area contributed by atoms with Crippen molar-refractivity contribution >= 4 is 37.8 Å². The van der Waals surface area contributed by atoms with Crippen molar-refractivity contribution in [1.29, 1.82) is 0 Å². The highest BCUT2D eigenvalue weighted by Crippen LogP contribution is 2.28. The van der Waals surface area contributed by atoms with E-state index in [0.29, 0.717) is 22.6 Å². The summed E-state index contributed by atoms with van der Waals surface area (Å²) in [7, 11) is 0. The Kier molecular flexibility index (Phi) is 5.28.